The van der Waals surface area contributed by atoms with E-state index in [0.717, 1.165) is 8.66 Å². The summed E-state index contributed by atoms with van der Waals surface area (Å²) in [5, 5.41) is 4.99. The average molecular weight is 454 g/mol. The van der Waals surface area contributed by atoms with Gasteiger partial charge in [-0.1, -0.05) is 6.92 Å². The number of rotatable bonds is 6. The van der Waals surface area contributed by atoms with E-state index < -0.39 is 6.03 Å². The number of amides is 3. The molecule has 0 saturated carbocycles. The molecule has 1 aliphatic heterocycles. The van der Waals surface area contributed by atoms with Crippen LogP contribution in [0.1, 0.15) is 11.8 Å². The van der Waals surface area contributed by atoms with Crippen LogP contribution >= 0.6 is 27.3 Å². The second-order valence-electron chi connectivity index (χ2n) is 5.87. The van der Waals surface area contributed by atoms with Crippen LogP contribution in [0.15, 0.2) is 34.1 Å². The maximum atomic E-state index is 12.2. The molecule has 1 aromatic heterocycles. The number of carbonyl (C=O) groups excluding carboxylic acids is 2. The quantitative estimate of drug-likeness (QED) is 0.699. The summed E-state index contributed by atoms with van der Waals surface area (Å²) in [5.41, 5.74) is 0.528. The summed E-state index contributed by atoms with van der Waals surface area (Å²) in [6.07, 6.45) is 0. The van der Waals surface area contributed by atoms with Crippen LogP contribution in [-0.4, -0.2) is 43.1 Å². The molecule has 9 heteroatoms. The van der Waals surface area contributed by atoms with Crippen molar-refractivity contribution in [2.45, 2.75) is 13.5 Å². The molecule has 144 valence electrons. The second kappa shape index (κ2) is 9.20. The van der Waals surface area contributed by atoms with E-state index in [9.17, 15) is 9.59 Å². The number of likely N-dealkylation sites (N-methyl/N-ethyl adjacent to an activating group) is 1. The number of thiophene rings is 1. The van der Waals surface area contributed by atoms with Crippen LogP contribution in [0.4, 0.5) is 10.5 Å². The predicted molar refractivity (Wildman–Crippen MR) is 108 cm³/mol. The third-order valence-corrected chi connectivity index (χ3v) is 5.48. The summed E-state index contributed by atoms with van der Waals surface area (Å²) >= 11 is 5.06. The fraction of sp³-hybridized carbons (Fsp3) is 0.333. The monoisotopic (exact) mass is 453 g/mol. The van der Waals surface area contributed by atoms with Crippen molar-refractivity contribution in [3.63, 3.8) is 0 Å². The van der Waals surface area contributed by atoms with E-state index in [1.165, 1.54) is 0 Å². The molecular formula is C18H20BrN3O4S. The summed E-state index contributed by atoms with van der Waals surface area (Å²) in [6.45, 7) is 4.45. The predicted octanol–water partition coefficient (Wildman–Crippen LogP) is 3.45. The number of hydrogen-bond donors (Lipinski definition) is 2. The van der Waals surface area contributed by atoms with Gasteiger partial charge in [0.2, 0.25) is 5.91 Å². The lowest BCUT2D eigenvalue weighted by molar-refractivity contribution is -0.121. The van der Waals surface area contributed by atoms with Gasteiger partial charge in [0.25, 0.3) is 0 Å². The van der Waals surface area contributed by atoms with Crippen LogP contribution in [0.2, 0.25) is 0 Å². The van der Waals surface area contributed by atoms with Crippen LogP contribution in [0.3, 0.4) is 0 Å². The molecule has 1 aliphatic rings. The summed E-state index contributed by atoms with van der Waals surface area (Å²) in [4.78, 5) is 27.4. The molecule has 0 atom stereocenters. The van der Waals surface area contributed by atoms with Gasteiger partial charge in [0.05, 0.1) is 10.3 Å². The van der Waals surface area contributed by atoms with Gasteiger partial charge in [-0.15, -0.1) is 11.3 Å². The van der Waals surface area contributed by atoms with Crippen LogP contribution in [0.5, 0.6) is 11.5 Å². The van der Waals surface area contributed by atoms with E-state index in [4.69, 9.17) is 9.47 Å². The Labute approximate surface area is 169 Å². The normalized spacial score (nSPS) is 12.7. The van der Waals surface area contributed by atoms with Gasteiger partial charge in [-0.2, -0.15) is 0 Å². The summed E-state index contributed by atoms with van der Waals surface area (Å²) < 4.78 is 12.0. The Morgan fingerprint density at radius 1 is 1.19 bits per heavy atom. The largest absolute Gasteiger partial charge is 0.486 e. The molecule has 3 amide bonds. The molecule has 2 N–H and O–H groups in total. The first kappa shape index (κ1) is 19.7. The van der Waals surface area contributed by atoms with E-state index in [0.29, 0.717) is 43.5 Å². The van der Waals surface area contributed by atoms with Gasteiger partial charge in [-0.05, 0) is 46.7 Å². The number of nitrogens with one attached hydrogen (secondary N) is 2. The Bertz CT molecular complexity index is 827. The maximum Gasteiger partial charge on any atom is 0.325 e. The summed E-state index contributed by atoms with van der Waals surface area (Å²) in [6, 6.07) is 8.52. The average Bonchev–Trinajstić information content (AvgIpc) is 3.05. The third-order valence-electron chi connectivity index (χ3n) is 3.88. The molecule has 2 heterocycles. The van der Waals surface area contributed by atoms with Gasteiger partial charge in [-0.25, -0.2) is 4.79 Å². The molecule has 0 saturated heterocycles. The van der Waals surface area contributed by atoms with Crippen LogP contribution in [0.25, 0.3) is 0 Å². The molecule has 0 spiro atoms. The number of ether oxygens (including phenoxy) is 2. The highest BCUT2D eigenvalue weighted by atomic mass is 79.9. The van der Waals surface area contributed by atoms with Crippen molar-refractivity contribution in [3.05, 3.63) is 39.0 Å². The summed E-state index contributed by atoms with van der Waals surface area (Å²) in [7, 11) is 0. The molecule has 3 rings (SSSR count). The zero-order chi connectivity index (χ0) is 19.2. The minimum Gasteiger partial charge on any atom is -0.486 e. The highest BCUT2D eigenvalue weighted by Crippen LogP contribution is 2.32. The molecule has 0 fully saturated rings. The van der Waals surface area contributed by atoms with Gasteiger partial charge >= 0.3 is 6.03 Å². The Kier molecular flexibility index (Phi) is 6.70. The molecule has 0 radical (unpaired) electrons. The SMILES string of the molecule is CCN(CC(=O)NC(=O)Nc1ccc2c(c1)OCCO2)Cc1ccc(Br)s1. The van der Waals surface area contributed by atoms with Crippen molar-refractivity contribution in [2.75, 3.05) is 31.6 Å². The lowest BCUT2D eigenvalue weighted by Gasteiger charge is -2.20. The van der Waals surface area contributed by atoms with Gasteiger partial charge in [0, 0.05) is 23.2 Å². The minimum absolute atomic E-state index is 0.139. The molecule has 0 bridgehead atoms. The Morgan fingerprint density at radius 2 is 1.96 bits per heavy atom. The molecule has 0 unspecified atom stereocenters. The van der Waals surface area contributed by atoms with Crippen LogP contribution in [0, 0.1) is 0 Å². The Morgan fingerprint density at radius 3 is 2.67 bits per heavy atom. The van der Waals surface area contributed by atoms with Gasteiger partial charge in [-0.3, -0.25) is 15.0 Å². The first-order valence-electron chi connectivity index (χ1n) is 8.50. The number of carbonyl (C=O) groups is 2. The molecular weight excluding hydrogens is 434 g/mol. The smallest absolute Gasteiger partial charge is 0.325 e. The van der Waals surface area contributed by atoms with Crippen LogP contribution in [-0.2, 0) is 11.3 Å². The minimum atomic E-state index is -0.577. The number of benzene rings is 1. The van der Waals surface area contributed by atoms with Gasteiger partial charge in [0.15, 0.2) is 11.5 Å². The first-order chi connectivity index (χ1) is 13.0. The number of anilines is 1. The zero-order valence-corrected chi connectivity index (χ0v) is 17.2. The number of urea groups is 1. The number of imide groups is 1. The van der Waals surface area contributed by atoms with Gasteiger partial charge in [0.1, 0.15) is 13.2 Å². The topological polar surface area (TPSA) is 79.9 Å². The fourth-order valence-corrected chi connectivity index (χ4v) is 4.11. The Hall–Kier alpha value is -2.10. The van der Waals surface area contributed by atoms with E-state index in [-0.39, 0.29) is 12.5 Å². The molecule has 7 nitrogen and oxygen atoms in total. The number of nitrogens with zero attached hydrogens (tertiary/aromatic N) is 1. The fourth-order valence-electron chi connectivity index (χ4n) is 2.59. The van der Waals surface area contributed by atoms with Crippen molar-refractivity contribution in [1.29, 1.82) is 0 Å². The van der Waals surface area contributed by atoms with Crippen molar-refractivity contribution >= 4 is 44.9 Å². The lowest BCUT2D eigenvalue weighted by atomic mass is 10.2. The second-order valence-corrected chi connectivity index (χ2v) is 8.42. The number of halogens is 1. The third kappa shape index (κ3) is 5.69. The van der Waals surface area contributed by atoms with Crippen molar-refractivity contribution in [3.8, 4) is 11.5 Å². The van der Waals surface area contributed by atoms with Crippen molar-refractivity contribution in [1.82, 2.24) is 10.2 Å². The van der Waals surface area contributed by atoms with E-state index in [2.05, 4.69) is 26.6 Å². The molecule has 2 aromatic rings. The standard InChI is InChI=1S/C18H20BrN3O4S/c1-2-22(10-13-4-6-16(19)27-13)11-17(23)21-18(24)20-12-3-5-14-15(9-12)26-8-7-25-14/h3-6,9H,2,7-8,10-11H2,1H3,(H2,20,21,23,24). The van der Waals surface area contributed by atoms with Crippen molar-refractivity contribution in [2.24, 2.45) is 0 Å². The lowest BCUT2D eigenvalue weighted by Crippen LogP contribution is -2.41. The summed E-state index contributed by atoms with van der Waals surface area (Å²) in [5.74, 6) is 0.856. The first-order valence-corrected chi connectivity index (χ1v) is 10.1. The molecule has 27 heavy (non-hydrogen) atoms. The maximum absolute atomic E-state index is 12.2. The molecule has 1 aromatic carbocycles. The zero-order valence-electron chi connectivity index (χ0n) is 14.8. The number of fused-ring (bicyclic) bond motifs is 1. The highest BCUT2D eigenvalue weighted by Gasteiger charge is 2.15. The number of hydrogen-bond acceptors (Lipinski definition) is 6. The van der Waals surface area contributed by atoms with Gasteiger partial charge < -0.3 is 14.8 Å². The molecule has 0 aliphatic carbocycles. The van der Waals surface area contributed by atoms with E-state index >= 15 is 0 Å². The van der Waals surface area contributed by atoms with E-state index in [1.807, 2.05) is 24.0 Å². The van der Waals surface area contributed by atoms with E-state index in [1.54, 1.807) is 29.5 Å². The van der Waals surface area contributed by atoms with Crippen LogP contribution < -0.4 is 20.1 Å². The highest BCUT2D eigenvalue weighted by molar-refractivity contribution is 9.11. The Balaban J connectivity index is 1.50. The van der Waals surface area contributed by atoms with Crippen molar-refractivity contribution < 1.29 is 19.1 Å².